The number of benzene rings is 2. The van der Waals surface area contributed by atoms with Gasteiger partial charge in [-0.2, -0.15) is 5.10 Å². The Labute approximate surface area is 168 Å². The molecule has 0 saturated heterocycles. The highest BCUT2D eigenvalue weighted by Gasteiger charge is 2.09. The summed E-state index contributed by atoms with van der Waals surface area (Å²) in [4.78, 5) is 7.77. The van der Waals surface area contributed by atoms with Crippen LogP contribution in [0.4, 0.5) is 5.69 Å². The molecule has 1 N–H and O–H groups in total. The summed E-state index contributed by atoms with van der Waals surface area (Å²) in [6, 6.07) is 13.1. The van der Waals surface area contributed by atoms with Crippen LogP contribution in [-0.2, 0) is 13.6 Å². The van der Waals surface area contributed by atoms with Crippen LogP contribution in [0.1, 0.15) is 19.4 Å². The number of phenolic OH excluding ortho intramolecular Hbond substituents is 1. The lowest BCUT2D eigenvalue weighted by Crippen LogP contribution is -2.22. The highest BCUT2D eigenvalue weighted by atomic mass is 35.5. The van der Waals surface area contributed by atoms with Crippen LogP contribution in [0, 0.1) is 0 Å². The summed E-state index contributed by atoms with van der Waals surface area (Å²) in [5.74, 6) is 0.302. The van der Waals surface area contributed by atoms with Crippen LogP contribution in [0.2, 0.25) is 5.02 Å². The molecule has 0 spiro atoms. The van der Waals surface area contributed by atoms with Gasteiger partial charge in [-0.05, 0) is 43.4 Å². The minimum absolute atomic E-state index is 0.302. The molecule has 0 saturated carbocycles. The number of phenols is 1. The molecular weight excluding hydrogens is 380 g/mol. The van der Waals surface area contributed by atoms with E-state index in [1.807, 2.05) is 43.4 Å². The third-order valence-electron chi connectivity index (χ3n) is 4.37. The van der Waals surface area contributed by atoms with Crippen LogP contribution in [0.5, 0.6) is 5.75 Å². The van der Waals surface area contributed by atoms with Crippen molar-refractivity contribution in [2.45, 2.75) is 20.4 Å². The molecule has 0 amide bonds. The first kappa shape index (κ1) is 19.6. The van der Waals surface area contributed by atoms with Gasteiger partial charge in [-0.15, -0.1) is 0 Å². The first-order valence-electron chi connectivity index (χ1n) is 8.89. The number of hydrogen-bond donors (Lipinski definition) is 1. The van der Waals surface area contributed by atoms with Crippen LogP contribution >= 0.6 is 22.9 Å². The fourth-order valence-electron chi connectivity index (χ4n) is 2.72. The van der Waals surface area contributed by atoms with Gasteiger partial charge in [-0.3, -0.25) is 4.90 Å². The second-order valence-electron chi connectivity index (χ2n) is 6.21. The molecule has 0 atom stereocenters. The van der Waals surface area contributed by atoms with Gasteiger partial charge in [0.2, 0.25) is 4.80 Å². The monoisotopic (exact) mass is 402 g/mol. The van der Waals surface area contributed by atoms with Gasteiger partial charge in [0.05, 0.1) is 5.69 Å². The lowest BCUT2D eigenvalue weighted by atomic mass is 10.1. The van der Waals surface area contributed by atoms with E-state index in [4.69, 9.17) is 16.6 Å². The van der Waals surface area contributed by atoms with E-state index in [0.29, 0.717) is 17.3 Å². The van der Waals surface area contributed by atoms with Crippen LogP contribution < -0.4 is 4.80 Å². The highest BCUT2D eigenvalue weighted by Crippen LogP contribution is 2.25. The molecule has 0 fully saturated rings. The Kier molecular flexibility index (Phi) is 6.31. The number of aryl methyl sites for hydroxylation is 1. The zero-order valence-electron chi connectivity index (χ0n) is 15.7. The summed E-state index contributed by atoms with van der Waals surface area (Å²) in [5.41, 5.74) is 2.69. The first-order valence-corrected chi connectivity index (χ1v) is 10.1. The maximum atomic E-state index is 10.2. The second kappa shape index (κ2) is 8.69. The maximum Gasteiger partial charge on any atom is 0.208 e. The van der Waals surface area contributed by atoms with Crippen LogP contribution in [0.25, 0.3) is 10.6 Å². The molecule has 0 aliphatic rings. The Balaban J connectivity index is 1.94. The van der Waals surface area contributed by atoms with E-state index in [1.54, 1.807) is 10.7 Å². The van der Waals surface area contributed by atoms with Gasteiger partial charge in [0.25, 0.3) is 0 Å². The number of aromatic hydroxyl groups is 1. The number of aromatic nitrogens is 2. The molecule has 142 valence electrons. The summed E-state index contributed by atoms with van der Waals surface area (Å²) in [7, 11) is 1.88. The fourth-order valence-corrected chi connectivity index (χ4v) is 3.76. The zero-order valence-corrected chi connectivity index (χ0v) is 17.3. The van der Waals surface area contributed by atoms with E-state index < -0.39 is 0 Å². The van der Waals surface area contributed by atoms with Crippen LogP contribution in [-0.4, -0.2) is 32.9 Å². The average molecular weight is 403 g/mol. The first-order chi connectivity index (χ1) is 13.0. The van der Waals surface area contributed by atoms with E-state index in [9.17, 15) is 5.11 Å². The van der Waals surface area contributed by atoms with Crippen molar-refractivity contribution in [3.63, 3.8) is 0 Å². The van der Waals surface area contributed by atoms with Gasteiger partial charge in [0, 0.05) is 29.7 Å². The largest absolute Gasteiger partial charge is 0.508 e. The standard InChI is InChI=1S/C20H23ClN4OS/c1-4-25(5-2)13-15-12-17(10-11-18(15)26)22-20-24(3)23-19(27-20)14-6-8-16(21)9-7-14/h6-12,26H,4-5,13H2,1-3H3/b22-20+. The van der Waals surface area contributed by atoms with Gasteiger partial charge in [0.15, 0.2) is 0 Å². The van der Waals surface area contributed by atoms with Crippen LogP contribution in [0.3, 0.4) is 0 Å². The van der Waals surface area contributed by atoms with Crippen molar-refractivity contribution in [2.75, 3.05) is 13.1 Å². The number of nitrogens with zero attached hydrogens (tertiary/aromatic N) is 4. The van der Waals surface area contributed by atoms with Crippen molar-refractivity contribution in [1.29, 1.82) is 0 Å². The Morgan fingerprint density at radius 3 is 2.52 bits per heavy atom. The van der Waals surface area contributed by atoms with Crippen molar-refractivity contribution in [3.05, 3.63) is 57.9 Å². The molecule has 0 unspecified atom stereocenters. The van der Waals surface area contributed by atoms with Gasteiger partial charge < -0.3 is 5.11 Å². The predicted molar refractivity (Wildman–Crippen MR) is 111 cm³/mol. The van der Waals surface area contributed by atoms with Gasteiger partial charge in [0.1, 0.15) is 10.8 Å². The summed E-state index contributed by atoms with van der Waals surface area (Å²) >= 11 is 7.48. The predicted octanol–water partition coefficient (Wildman–Crippen LogP) is 4.58. The quantitative estimate of drug-likeness (QED) is 0.656. The Morgan fingerprint density at radius 1 is 1.15 bits per heavy atom. The number of rotatable bonds is 6. The molecule has 5 nitrogen and oxygen atoms in total. The second-order valence-corrected chi connectivity index (χ2v) is 7.60. The Bertz CT molecular complexity index is 974. The molecule has 0 radical (unpaired) electrons. The SMILES string of the molecule is CCN(CC)Cc1cc(/N=c2/sc(-c3ccc(Cl)cc3)nn2C)ccc1O. The smallest absolute Gasteiger partial charge is 0.208 e. The molecule has 27 heavy (non-hydrogen) atoms. The minimum atomic E-state index is 0.302. The van der Waals surface area contributed by atoms with Crippen molar-refractivity contribution in [3.8, 4) is 16.3 Å². The van der Waals surface area contributed by atoms with Crippen molar-refractivity contribution >= 4 is 28.6 Å². The molecule has 0 aliphatic carbocycles. The molecule has 7 heteroatoms. The molecule has 2 aromatic carbocycles. The number of halogens is 1. The summed E-state index contributed by atoms with van der Waals surface area (Å²) in [5, 5.41) is 16.3. The lowest BCUT2D eigenvalue weighted by Gasteiger charge is -2.18. The average Bonchev–Trinajstić information content (AvgIpc) is 3.03. The van der Waals surface area contributed by atoms with E-state index >= 15 is 0 Å². The minimum Gasteiger partial charge on any atom is -0.508 e. The maximum absolute atomic E-state index is 10.2. The molecule has 1 heterocycles. The third kappa shape index (κ3) is 4.77. The normalized spacial score (nSPS) is 12.1. The topological polar surface area (TPSA) is 53.7 Å². The Morgan fingerprint density at radius 2 is 1.85 bits per heavy atom. The van der Waals surface area contributed by atoms with Gasteiger partial charge in [-0.25, -0.2) is 9.67 Å². The van der Waals surface area contributed by atoms with E-state index in [0.717, 1.165) is 39.7 Å². The lowest BCUT2D eigenvalue weighted by molar-refractivity contribution is 0.291. The van der Waals surface area contributed by atoms with Crippen molar-refractivity contribution < 1.29 is 5.11 Å². The van der Waals surface area contributed by atoms with E-state index in [2.05, 4.69) is 23.8 Å². The van der Waals surface area contributed by atoms with E-state index in [1.165, 1.54) is 11.3 Å². The molecule has 1 aromatic heterocycles. The fraction of sp³-hybridized carbons (Fsp3) is 0.300. The molecule has 3 aromatic rings. The molecule has 3 rings (SSSR count). The summed E-state index contributed by atoms with van der Waals surface area (Å²) in [6.07, 6.45) is 0. The van der Waals surface area contributed by atoms with E-state index in [-0.39, 0.29) is 0 Å². The third-order valence-corrected chi connectivity index (χ3v) is 5.67. The van der Waals surface area contributed by atoms with Crippen molar-refractivity contribution in [2.24, 2.45) is 12.0 Å². The molecule has 0 bridgehead atoms. The number of hydrogen-bond acceptors (Lipinski definition) is 5. The summed E-state index contributed by atoms with van der Waals surface area (Å²) < 4.78 is 1.77. The summed E-state index contributed by atoms with van der Waals surface area (Å²) in [6.45, 7) is 6.80. The molecular formula is C20H23ClN4OS. The van der Waals surface area contributed by atoms with Gasteiger partial charge >= 0.3 is 0 Å². The van der Waals surface area contributed by atoms with Gasteiger partial charge in [-0.1, -0.05) is 48.9 Å². The van der Waals surface area contributed by atoms with Crippen LogP contribution in [0.15, 0.2) is 47.5 Å². The molecule has 0 aliphatic heterocycles. The van der Waals surface area contributed by atoms with Crippen molar-refractivity contribution in [1.82, 2.24) is 14.7 Å². The zero-order chi connectivity index (χ0) is 19.4. The highest BCUT2D eigenvalue weighted by molar-refractivity contribution is 7.12. The Hall–Kier alpha value is -2.15.